The first-order valence-electron chi connectivity index (χ1n) is 8.43. The van der Waals surface area contributed by atoms with Crippen LogP contribution >= 0.6 is 15.9 Å². The van der Waals surface area contributed by atoms with Crippen molar-refractivity contribution < 1.29 is 4.39 Å². The van der Waals surface area contributed by atoms with E-state index < -0.39 is 0 Å². The molecule has 124 valence electrons. The van der Waals surface area contributed by atoms with Crippen LogP contribution in [0.1, 0.15) is 48.7 Å². The van der Waals surface area contributed by atoms with Crippen LogP contribution in [-0.4, -0.2) is 4.98 Å². The van der Waals surface area contributed by atoms with Gasteiger partial charge in [0.25, 0.3) is 0 Å². The minimum Gasteiger partial charge on any atom is -0.357 e. The molecule has 2 N–H and O–H groups in total. The van der Waals surface area contributed by atoms with Gasteiger partial charge in [-0.05, 0) is 67.6 Å². The van der Waals surface area contributed by atoms with E-state index >= 15 is 0 Å². The largest absolute Gasteiger partial charge is 0.357 e. The number of nitrogens with one attached hydrogen (secondary N) is 2. The molecule has 2 nitrogen and oxygen atoms in total. The highest BCUT2D eigenvalue weighted by Crippen LogP contribution is 2.36. The Balaban J connectivity index is 1.64. The zero-order valence-electron chi connectivity index (χ0n) is 13.6. The summed E-state index contributed by atoms with van der Waals surface area (Å²) >= 11 is 3.58. The van der Waals surface area contributed by atoms with Crippen molar-refractivity contribution in [2.24, 2.45) is 0 Å². The molecule has 0 radical (unpaired) electrons. The van der Waals surface area contributed by atoms with Gasteiger partial charge < -0.3 is 10.3 Å². The smallest absolute Gasteiger partial charge is 0.123 e. The number of aryl methyl sites for hydroxylation is 1. The minimum absolute atomic E-state index is 0.180. The summed E-state index contributed by atoms with van der Waals surface area (Å²) in [5.74, 6) is -0.188. The molecule has 1 heterocycles. The van der Waals surface area contributed by atoms with Gasteiger partial charge in [0, 0.05) is 33.2 Å². The number of hydrogen-bond donors (Lipinski definition) is 2. The van der Waals surface area contributed by atoms with Gasteiger partial charge in [-0.1, -0.05) is 28.1 Å². The molecule has 1 unspecified atom stereocenters. The van der Waals surface area contributed by atoms with E-state index in [2.05, 4.69) is 51.4 Å². The molecule has 1 aliphatic carbocycles. The maximum Gasteiger partial charge on any atom is 0.123 e. The highest BCUT2D eigenvalue weighted by molar-refractivity contribution is 9.10. The Morgan fingerprint density at radius 1 is 1.21 bits per heavy atom. The lowest BCUT2D eigenvalue weighted by Gasteiger charge is -2.27. The van der Waals surface area contributed by atoms with E-state index in [1.54, 1.807) is 0 Å². The molecule has 1 aliphatic rings. The molecule has 0 bridgehead atoms. The highest BCUT2D eigenvalue weighted by atomic mass is 79.9. The first kappa shape index (κ1) is 15.9. The topological polar surface area (TPSA) is 27.8 Å². The number of aromatic nitrogens is 1. The van der Waals surface area contributed by atoms with Crippen LogP contribution in [0.15, 0.2) is 46.9 Å². The summed E-state index contributed by atoms with van der Waals surface area (Å²) in [6.45, 7) is 2.14. The lowest BCUT2D eigenvalue weighted by molar-refractivity contribution is 0.410. The summed E-state index contributed by atoms with van der Waals surface area (Å²) in [6, 6.07) is 13.7. The molecule has 0 amide bonds. The predicted octanol–water partition coefficient (Wildman–Crippen LogP) is 5.80. The third-order valence-corrected chi connectivity index (χ3v) is 5.48. The molecule has 4 heteroatoms. The molecule has 0 saturated heterocycles. The lowest BCUT2D eigenvalue weighted by Crippen LogP contribution is -2.27. The Labute approximate surface area is 149 Å². The monoisotopic (exact) mass is 386 g/mol. The van der Waals surface area contributed by atoms with Crippen molar-refractivity contribution >= 4 is 26.8 Å². The Morgan fingerprint density at radius 2 is 2.00 bits per heavy atom. The summed E-state index contributed by atoms with van der Waals surface area (Å²) in [6.07, 6.45) is 3.42. The van der Waals surface area contributed by atoms with Gasteiger partial charge in [0.05, 0.1) is 0 Å². The predicted molar refractivity (Wildman–Crippen MR) is 99.6 cm³/mol. The number of fused-ring (bicyclic) bond motifs is 3. The Kier molecular flexibility index (Phi) is 4.19. The number of halogens is 2. The molecule has 24 heavy (non-hydrogen) atoms. The molecular formula is C20H20BrFN2. The van der Waals surface area contributed by atoms with E-state index in [0.29, 0.717) is 6.04 Å². The van der Waals surface area contributed by atoms with Crippen LogP contribution in [0.2, 0.25) is 0 Å². The second-order valence-corrected chi connectivity index (χ2v) is 7.51. The second-order valence-electron chi connectivity index (χ2n) is 6.59. The van der Waals surface area contributed by atoms with Crippen LogP contribution in [-0.2, 0) is 6.42 Å². The van der Waals surface area contributed by atoms with E-state index in [4.69, 9.17) is 0 Å². The molecule has 0 aliphatic heterocycles. The zero-order valence-corrected chi connectivity index (χ0v) is 15.2. The van der Waals surface area contributed by atoms with E-state index in [1.165, 1.54) is 40.7 Å². The van der Waals surface area contributed by atoms with Crippen LogP contribution in [0.4, 0.5) is 4.39 Å². The van der Waals surface area contributed by atoms with Crippen molar-refractivity contribution in [2.75, 3.05) is 0 Å². The van der Waals surface area contributed by atoms with Gasteiger partial charge in [-0.25, -0.2) is 4.39 Å². The summed E-state index contributed by atoms with van der Waals surface area (Å²) in [5.41, 5.74) is 5.05. The Hall–Kier alpha value is -1.65. The minimum atomic E-state index is -0.188. The molecular weight excluding hydrogens is 367 g/mol. The van der Waals surface area contributed by atoms with Gasteiger partial charge in [-0.3, -0.25) is 0 Å². The first-order valence-corrected chi connectivity index (χ1v) is 9.22. The third kappa shape index (κ3) is 2.89. The Bertz CT molecular complexity index is 869. The number of hydrogen-bond acceptors (Lipinski definition) is 1. The number of rotatable bonds is 3. The van der Waals surface area contributed by atoms with Gasteiger partial charge in [0.1, 0.15) is 5.82 Å². The third-order valence-electron chi connectivity index (χ3n) is 4.99. The van der Waals surface area contributed by atoms with Crippen LogP contribution < -0.4 is 5.32 Å². The van der Waals surface area contributed by atoms with Crippen LogP contribution in [0.5, 0.6) is 0 Å². The van der Waals surface area contributed by atoms with Crippen molar-refractivity contribution in [1.82, 2.24) is 10.3 Å². The summed E-state index contributed by atoms with van der Waals surface area (Å²) in [5, 5.41) is 5.04. The number of benzene rings is 2. The molecule has 2 aromatic carbocycles. The molecule has 4 rings (SSSR count). The normalized spacial score (nSPS) is 18.5. The van der Waals surface area contributed by atoms with Crippen molar-refractivity contribution in [2.45, 2.75) is 38.3 Å². The molecule has 2 atom stereocenters. The standard InChI is InChI=1S/C20H20BrFN2/c1-12(13-5-8-15(22)9-6-13)23-19-4-2-3-16-17-11-14(21)7-10-18(17)24-20(16)19/h5-12,19,23-24H,2-4H2,1H3/t12-,19?/m1/s1. The summed E-state index contributed by atoms with van der Waals surface area (Å²) < 4.78 is 14.2. The highest BCUT2D eigenvalue weighted by Gasteiger charge is 2.25. The van der Waals surface area contributed by atoms with Crippen molar-refractivity contribution in [3.05, 3.63) is 69.6 Å². The molecule has 0 fully saturated rings. The van der Waals surface area contributed by atoms with E-state index in [0.717, 1.165) is 22.9 Å². The number of H-pyrrole nitrogens is 1. The van der Waals surface area contributed by atoms with E-state index in [-0.39, 0.29) is 11.9 Å². The van der Waals surface area contributed by atoms with Gasteiger partial charge in [-0.2, -0.15) is 0 Å². The molecule has 1 aromatic heterocycles. The van der Waals surface area contributed by atoms with Crippen molar-refractivity contribution in [3.63, 3.8) is 0 Å². The lowest BCUT2D eigenvalue weighted by atomic mass is 9.91. The average Bonchev–Trinajstić information content (AvgIpc) is 2.94. The van der Waals surface area contributed by atoms with Gasteiger partial charge in [0.15, 0.2) is 0 Å². The van der Waals surface area contributed by atoms with Gasteiger partial charge >= 0.3 is 0 Å². The average molecular weight is 387 g/mol. The van der Waals surface area contributed by atoms with E-state index in [1.807, 2.05) is 12.1 Å². The van der Waals surface area contributed by atoms with Gasteiger partial charge in [0.2, 0.25) is 0 Å². The Morgan fingerprint density at radius 3 is 2.79 bits per heavy atom. The molecule has 0 saturated carbocycles. The van der Waals surface area contributed by atoms with Crippen molar-refractivity contribution in [1.29, 1.82) is 0 Å². The SMILES string of the molecule is C[C@@H](NC1CCCc2c1[nH]c1ccc(Br)cc21)c1ccc(F)cc1. The molecule has 0 spiro atoms. The summed E-state index contributed by atoms with van der Waals surface area (Å²) in [4.78, 5) is 3.62. The second kappa shape index (κ2) is 6.34. The van der Waals surface area contributed by atoms with Crippen LogP contribution in [0, 0.1) is 5.82 Å². The van der Waals surface area contributed by atoms with Gasteiger partial charge in [-0.15, -0.1) is 0 Å². The maximum atomic E-state index is 13.1. The van der Waals surface area contributed by atoms with Crippen LogP contribution in [0.25, 0.3) is 10.9 Å². The van der Waals surface area contributed by atoms with E-state index in [9.17, 15) is 4.39 Å². The first-order chi connectivity index (χ1) is 11.6. The maximum absolute atomic E-state index is 13.1. The zero-order chi connectivity index (χ0) is 16.7. The summed E-state index contributed by atoms with van der Waals surface area (Å²) in [7, 11) is 0. The van der Waals surface area contributed by atoms with Crippen LogP contribution in [0.3, 0.4) is 0 Å². The van der Waals surface area contributed by atoms with Crippen molar-refractivity contribution in [3.8, 4) is 0 Å². The number of aromatic amines is 1. The molecule has 3 aromatic rings. The fraction of sp³-hybridized carbons (Fsp3) is 0.300. The quantitative estimate of drug-likeness (QED) is 0.584. The fourth-order valence-electron chi connectivity index (χ4n) is 3.75. The fourth-order valence-corrected chi connectivity index (χ4v) is 4.11.